The van der Waals surface area contributed by atoms with Gasteiger partial charge in [0.05, 0.1) is 9.82 Å². The topological polar surface area (TPSA) is 157 Å². The molecule has 0 spiro atoms. The molecule has 1 aromatic heterocycles. The number of anilines is 1. The fourth-order valence-corrected chi connectivity index (χ4v) is 4.74. The van der Waals surface area contributed by atoms with E-state index in [1.165, 1.54) is 36.0 Å². The van der Waals surface area contributed by atoms with Crippen molar-refractivity contribution in [1.82, 2.24) is 15.0 Å². The highest BCUT2D eigenvalue weighted by molar-refractivity contribution is 7.99. The lowest BCUT2D eigenvalue weighted by Gasteiger charge is -2.10. The third-order valence-electron chi connectivity index (χ3n) is 4.43. The van der Waals surface area contributed by atoms with E-state index in [-0.39, 0.29) is 21.6 Å². The molecule has 11 nitrogen and oxygen atoms in total. The van der Waals surface area contributed by atoms with E-state index in [0.29, 0.717) is 15.5 Å². The van der Waals surface area contributed by atoms with Crippen molar-refractivity contribution in [1.29, 1.82) is 0 Å². The van der Waals surface area contributed by atoms with Crippen molar-refractivity contribution in [3.8, 4) is 0 Å². The molecule has 33 heavy (non-hydrogen) atoms. The first-order valence-corrected chi connectivity index (χ1v) is 11.6. The summed E-state index contributed by atoms with van der Waals surface area (Å²) >= 11 is 1.22. The van der Waals surface area contributed by atoms with E-state index >= 15 is 0 Å². The highest BCUT2D eigenvalue weighted by Crippen LogP contribution is 2.36. The Balaban J connectivity index is 1.50. The molecule has 0 aliphatic carbocycles. The molecule has 0 aliphatic rings. The number of nitro benzene ring substituents is 1. The maximum Gasteiger partial charge on any atom is 0.333 e. The molecule has 0 saturated carbocycles. The number of hydrogen-bond donors (Lipinski definition) is 2. The fourth-order valence-electron chi connectivity index (χ4n) is 2.88. The molecule has 13 heteroatoms. The van der Waals surface area contributed by atoms with Crippen molar-refractivity contribution < 1.29 is 22.8 Å². The van der Waals surface area contributed by atoms with E-state index < -0.39 is 21.0 Å². The van der Waals surface area contributed by atoms with Crippen LogP contribution in [0.2, 0.25) is 0 Å². The zero-order valence-electron chi connectivity index (χ0n) is 16.9. The second-order valence-corrected chi connectivity index (χ2v) is 9.60. The van der Waals surface area contributed by atoms with Gasteiger partial charge in [0.2, 0.25) is 5.52 Å². The van der Waals surface area contributed by atoms with Gasteiger partial charge in [0.25, 0.3) is 10.0 Å². The van der Waals surface area contributed by atoms with Crippen molar-refractivity contribution in [2.75, 3.05) is 5.32 Å². The summed E-state index contributed by atoms with van der Waals surface area (Å²) in [6.45, 7) is 1.82. The number of aromatic nitrogens is 2. The number of aryl methyl sites for hydroxylation is 1. The summed E-state index contributed by atoms with van der Waals surface area (Å²) < 4.78 is 31.4. The van der Waals surface area contributed by atoms with Gasteiger partial charge in [0.1, 0.15) is 0 Å². The highest BCUT2D eigenvalue weighted by Gasteiger charge is 2.20. The fraction of sp³-hybridized carbons (Fsp3) is 0.0500. The average molecular weight is 486 g/mol. The number of benzene rings is 3. The maximum absolute atomic E-state index is 12.4. The Hall–Kier alpha value is -3.97. The standard InChI is InChI=1S/C20H15N5O6S2/c1-12-5-7-15(8-6-12)33(29,30)24-20(26)21-13-3-2-4-14(11-13)32-17-10-9-16(25(27)28)18-19(17)23-31-22-18/h2-11H,1H3,(H2,21,24,26). The monoisotopic (exact) mass is 485 g/mol. The van der Waals surface area contributed by atoms with E-state index in [2.05, 4.69) is 20.3 Å². The van der Waals surface area contributed by atoms with Crippen LogP contribution in [-0.2, 0) is 10.0 Å². The first-order valence-electron chi connectivity index (χ1n) is 9.31. The van der Waals surface area contributed by atoms with Gasteiger partial charge in [0, 0.05) is 21.5 Å². The number of fused-ring (bicyclic) bond motifs is 1. The molecule has 2 N–H and O–H groups in total. The molecule has 0 atom stereocenters. The minimum absolute atomic E-state index is 0.0277. The van der Waals surface area contributed by atoms with Gasteiger partial charge in [-0.2, -0.15) is 0 Å². The molecule has 0 aliphatic heterocycles. The number of nitrogens with zero attached hydrogens (tertiary/aromatic N) is 3. The summed E-state index contributed by atoms with van der Waals surface area (Å²) in [5.41, 5.74) is 1.26. The summed E-state index contributed by atoms with van der Waals surface area (Å²) in [5, 5.41) is 21.0. The molecule has 1 heterocycles. The van der Waals surface area contributed by atoms with E-state index in [1.807, 2.05) is 11.6 Å². The van der Waals surface area contributed by atoms with Gasteiger partial charge in [-0.15, -0.1) is 0 Å². The molecular weight excluding hydrogens is 470 g/mol. The van der Waals surface area contributed by atoms with Crippen LogP contribution >= 0.6 is 11.8 Å². The van der Waals surface area contributed by atoms with Gasteiger partial charge < -0.3 is 5.32 Å². The van der Waals surface area contributed by atoms with Crippen LogP contribution in [0.4, 0.5) is 16.2 Å². The predicted octanol–water partition coefficient (Wildman–Crippen LogP) is 4.10. The number of non-ortho nitro benzene ring substituents is 1. The van der Waals surface area contributed by atoms with Crippen LogP contribution in [0, 0.1) is 17.0 Å². The Morgan fingerprint density at radius 2 is 1.79 bits per heavy atom. The molecule has 4 aromatic rings. The Kier molecular flexibility index (Phi) is 5.98. The Labute approximate surface area is 191 Å². The van der Waals surface area contributed by atoms with Crippen LogP contribution < -0.4 is 10.0 Å². The van der Waals surface area contributed by atoms with E-state index in [1.54, 1.807) is 36.4 Å². The number of amides is 2. The Morgan fingerprint density at radius 3 is 2.52 bits per heavy atom. The lowest BCUT2D eigenvalue weighted by atomic mass is 10.2. The predicted molar refractivity (Wildman–Crippen MR) is 120 cm³/mol. The normalized spacial score (nSPS) is 11.3. The largest absolute Gasteiger partial charge is 0.333 e. The summed E-state index contributed by atoms with van der Waals surface area (Å²) in [6, 6.07) is 14.6. The van der Waals surface area contributed by atoms with Gasteiger partial charge in [-0.3, -0.25) is 10.1 Å². The van der Waals surface area contributed by atoms with Crippen molar-refractivity contribution in [3.05, 3.63) is 76.3 Å². The summed E-state index contributed by atoms with van der Waals surface area (Å²) in [5.74, 6) is 0. The number of carbonyl (C=O) groups is 1. The third-order valence-corrected chi connectivity index (χ3v) is 6.82. The van der Waals surface area contributed by atoms with Crippen LogP contribution in [0.5, 0.6) is 0 Å². The summed E-state index contributed by atoms with van der Waals surface area (Å²) in [4.78, 5) is 24.0. The zero-order valence-corrected chi connectivity index (χ0v) is 18.5. The second-order valence-electron chi connectivity index (χ2n) is 6.80. The Bertz CT molecular complexity index is 1470. The first kappa shape index (κ1) is 22.2. The quantitative estimate of drug-likeness (QED) is 0.303. The van der Waals surface area contributed by atoms with Gasteiger partial charge >= 0.3 is 11.7 Å². The van der Waals surface area contributed by atoms with E-state index in [4.69, 9.17) is 0 Å². The van der Waals surface area contributed by atoms with Crippen molar-refractivity contribution in [2.45, 2.75) is 21.6 Å². The van der Waals surface area contributed by atoms with Gasteiger partial charge in [0.15, 0.2) is 5.52 Å². The smallest absolute Gasteiger partial charge is 0.307 e. The lowest BCUT2D eigenvalue weighted by Crippen LogP contribution is -2.34. The molecule has 0 fully saturated rings. The number of nitrogens with one attached hydrogen (secondary N) is 2. The number of sulfonamides is 1. The first-order chi connectivity index (χ1) is 15.7. The van der Waals surface area contributed by atoms with E-state index in [9.17, 15) is 23.3 Å². The van der Waals surface area contributed by atoms with E-state index in [0.717, 1.165) is 5.56 Å². The van der Waals surface area contributed by atoms with Crippen LogP contribution in [0.25, 0.3) is 11.0 Å². The van der Waals surface area contributed by atoms with Crippen LogP contribution in [0.15, 0.2) is 80.0 Å². The number of hydrogen-bond acceptors (Lipinski definition) is 9. The van der Waals surface area contributed by atoms with Gasteiger partial charge in [-0.1, -0.05) is 35.5 Å². The SMILES string of the molecule is Cc1ccc(S(=O)(=O)NC(=O)Nc2cccc(Sc3ccc([N+](=O)[O-])c4nonc34)c2)cc1. The van der Waals surface area contributed by atoms with Crippen LogP contribution in [0.3, 0.4) is 0 Å². The minimum Gasteiger partial charge on any atom is -0.307 e. The average Bonchev–Trinajstić information content (AvgIpc) is 3.24. The van der Waals surface area contributed by atoms with Crippen LogP contribution in [0.1, 0.15) is 5.56 Å². The highest BCUT2D eigenvalue weighted by atomic mass is 32.2. The van der Waals surface area contributed by atoms with Crippen molar-refractivity contribution >= 4 is 50.2 Å². The Morgan fingerprint density at radius 1 is 1.06 bits per heavy atom. The number of nitro groups is 1. The zero-order chi connectivity index (χ0) is 23.6. The number of rotatable bonds is 6. The van der Waals surface area contributed by atoms with Crippen molar-refractivity contribution in [2.24, 2.45) is 0 Å². The van der Waals surface area contributed by atoms with Crippen LogP contribution in [-0.4, -0.2) is 29.7 Å². The summed E-state index contributed by atoms with van der Waals surface area (Å²) in [6.07, 6.45) is 0. The van der Waals surface area contributed by atoms with Gasteiger partial charge in [-0.05, 0) is 53.6 Å². The molecular formula is C20H15N5O6S2. The summed E-state index contributed by atoms with van der Waals surface area (Å²) in [7, 11) is -4.03. The molecule has 0 saturated heterocycles. The molecule has 2 amide bonds. The molecule has 0 bridgehead atoms. The van der Waals surface area contributed by atoms with Crippen molar-refractivity contribution in [3.63, 3.8) is 0 Å². The molecule has 168 valence electrons. The molecule has 0 radical (unpaired) electrons. The molecule has 3 aromatic carbocycles. The maximum atomic E-state index is 12.4. The lowest BCUT2D eigenvalue weighted by molar-refractivity contribution is -0.383. The molecule has 4 rings (SSSR count). The third kappa shape index (κ3) is 4.94. The van der Waals surface area contributed by atoms with Gasteiger partial charge in [-0.25, -0.2) is 22.6 Å². The number of urea groups is 1. The second kappa shape index (κ2) is 8.88. The number of carbonyl (C=O) groups excluding carboxylic acids is 1. The minimum atomic E-state index is -4.03. The molecule has 0 unspecified atom stereocenters.